The zero-order valence-electron chi connectivity index (χ0n) is 19.0. The molecule has 8 heteroatoms. The van der Waals surface area contributed by atoms with Crippen LogP contribution >= 0.6 is 0 Å². The van der Waals surface area contributed by atoms with Crippen molar-refractivity contribution in [3.8, 4) is 22.9 Å². The lowest BCUT2D eigenvalue weighted by molar-refractivity contribution is 0.0900. The second-order valence-electron chi connectivity index (χ2n) is 7.61. The number of aromatic nitrogens is 2. The molecule has 0 atom stereocenters. The summed E-state index contributed by atoms with van der Waals surface area (Å²) in [6, 6.07) is 7.44. The van der Waals surface area contributed by atoms with Gasteiger partial charge >= 0.3 is 0 Å². The van der Waals surface area contributed by atoms with Crippen LogP contribution in [-0.2, 0) is 0 Å². The Morgan fingerprint density at radius 1 is 0.781 bits per heavy atom. The first-order valence-corrected chi connectivity index (χ1v) is 11.1. The number of benzene rings is 1. The summed E-state index contributed by atoms with van der Waals surface area (Å²) in [6.07, 6.45) is 6.23. The number of carbonyl (C=O) groups excluding carboxylic acids is 2. The van der Waals surface area contributed by atoms with Gasteiger partial charge in [-0.25, -0.2) is 9.97 Å². The van der Waals surface area contributed by atoms with E-state index in [1.165, 1.54) is 12.4 Å². The van der Waals surface area contributed by atoms with Gasteiger partial charge in [-0.2, -0.15) is 0 Å². The second kappa shape index (κ2) is 10.7. The molecule has 0 saturated heterocycles. The fourth-order valence-electron chi connectivity index (χ4n) is 3.31. The Morgan fingerprint density at radius 2 is 1.19 bits per heavy atom. The quantitative estimate of drug-likeness (QED) is 0.469. The van der Waals surface area contributed by atoms with Crippen molar-refractivity contribution < 1.29 is 18.4 Å². The molecule has 3 aromatic rings. The Labute approximate surface area is 187 Å². The molecular formula is C24H30N4O4. The standard InChI is InChI=1S/C24H30N4O4/c1-5-17(6-2)27-21(29)19-13-25-23(31-19)15-10-9-11-16(12-15)24-26-14-20(32-24)22(30)28-18(7-3)8-4/h9-14,17-18H,5-8H2,1-4H3,(H,27,29)(H,28,30). The van der Waals surface area contributed by atoms with E-state index in [1.54, 1.807) is 6.07 Å². The van der Waals surface area contributed by atoms with Gasteiger partial charge in [0.1, 0.15) is 0 Å². The molecule has 0 aliphatic rings. The maximum absolute atomic E-state index is 12.4. The molecule has 2 N–H and O–H groups in total. The summed E-state index contributed by atoms with van der Waals surface area (Å²) in [7, 11) is 0. The molecule has 1 aromatic carbocycles. The zero-order valence-corrected chi connectivity index (χ0v) is 19.0. The Hall–Kier alpha value is -3.42. The van der Waals surface area contributed by atoms with Crippen LogP contribution in [0.4, 0.5) is 0 Å². The number of rotatable bonds is 10. The maximum Gasteiger partial charge on any atom is 0.288 e. The molecule has 8 nitrogen and oxygen atoms in total. The molecule has 0 aliphatic heterocycles. The molecule has 3 rings (SSSR count). The Kier molecular flexibility index (Phi) is 7.81. The molecule has 0 saturated carbocycles. The SMILES string of the molecule is CCC(CC)NC(=O)c1cnc(-c2cccc(-c3ncc(C(=O)NC(CC)CC)o3)c2)o1. The lowest BCUT2D eigenvalue weighted by Gasteiger charge is -2.12. The van der Waals surface area contributed by atoms with Crippen molar-refractivity contribution in [1.29, 1.82) is 0 Å². The minimum atomic E-state index is -0.283. The Morgan fingerprint density at radius 3 is 1.56 bits per heavy atom. The molecule has 0 radical (unpaired) electrons. The van der Waals surface area contributed by atoms with Gasteiger partial charge in [0.25, 0.3) is 11.8 Å². The van der Waals surface area contributed by atoms with Crippen LogP contribution in [0.3, 0.4) is 0 Å². The number of hydrogen-bond donors (Lipinski definition) is 2. The molecule has 2 heterocycles. The normalized spacial score (nSPS) is 11.2. The van der Waals surface area contributed by atoms with E-state index < -0.39 is 0 Å². The number of nitrogens with zero attached hydrogens (tertiary/aromatic N) is 2. The van der Waals surface area contributed by atoms with Gasteiger partial charge in [0.05, 0.1) is 12.4 Å². The summed E-state index contributed by atoms with van der Waals surface area (Å²) in [5.74, 6) is 0.394. The summed E-state index contributed by atoms with van der Waals surface area (Å²) in [5, 5.41) is 5.87. The molecule has 32 heavy (non-hydrogen) atoms. The van der Waals surface area contributed by atoms with Gasteiger partial charge < -0.3 is 19.5 Å². The highest BCUT2D eigenvalue weighted by molar-refractivity contribution is 5.92. The molecule has 0 unspecified atom stereocenters. The van der Waals surface area contributed by atoms with Gasteiger partial charge in [-0.3, -0.25) is 9.59 Å². The van der Waals surface area contributed by atoms with Crippen LogP contribution in [-0.4, -0.2) is 33.9 Å². The van der Waals surface area contributed by atoms with E-state index in [0.717, 1.165) is 25.7 Å². The van der Waals surface area contributed by atoms with Crippen molar-refractivity contribution in [1.82, 2.24) is 20.6 Å². The third kappa shape index (κ3) is 5.43. The maximum atomic E-state index is 12.4. The van der Waals surface area contributed by atoms with Crippen molar-refractivity contribution in [3.05, 3.63) is 48.2 Å². The van der Waals surface area contributed by atoms with Crippen LogP contribution in [0.2, 0.25) is 0 Å². The van der Waals surface area contributed by atoms with Gasteiger partial charge in [0.2, 0.25) is 23.3 Å². The number of carbonyl (C=O) groups is 2. The van der Waals surface area contributed by atoms with Gasteiger partial charge in [-0.1, -0.05) is 33.8 Å². The lowest BCUT2D eigenvalue weighted by Crippen LogP contribution is -2.33. The average Bonchev–Trinajstić information content (AvgIpc) is 3.51. The number of oxazole rings is 2. The van der Waals surface area contributed by atoms with Gasteiger partial charge in [-0.15, -0.1) is 0 Å². The van der Waals surface area contributed by atoms with Crippen LogP contribution in [0.5, 0.6) is 0 Å². The first-order valence-electron chi connectivity index (χ1n) is 11.1. The highest BCUT2D eigenvalue weighted by Crippen LogP contribution is 2.26. The number of amides is 2. The minimum Gasteiger partial charge on any atom is -0.431 e. The highest BCUT2D eigenvalue weighted by atomic mass is 16.4. The number of hydrogen-bond acceptors (Lipinski definition) is 6. The second-order valence-corrected chi connectivity index (χ2v) is 7.61. The predicted molar refractivity (Wildman–Crippen MR) is 121 cm³/mol. The van der Waals surface area contributed by atoms with E-state index >= 15 is 0 Å². The largest absolute Gasteiger partial charge is 0.431 e. The van der Waals surface area contributed by atoms with Crippen LogP contribution < -0.4 is 10.6 Å². The van der Waals surface area contributed by atoms with E-state index in [9.17, 15) is 9.59 Å². The molecule has 2 aromatic heterocycles. The fourth-order valence-corrected chi connectivity index (χ4v) is 3.31. The summed E-state index contributed by atoms with van der Waals surface area (Å²) < 4.78 is 11.4. The van der Waals surface area contributed by atoms with E-state index in [0.29, 0.717) is 22.9 Å². The first kappa shape index (κ1) is 23.2. The molecule has 0 bridgehead atoms. The van der Waals surface area contributed by atoms with Crippen molar-refractivity contribution in [2.75, 3.05) is 0 Å². The number of nitrogens with one attached hydrogen (secondary N) is 2. The Bertz CT molecular complexity index is 968. The van der Waals surface area contributed by atoms with Crippen LogP contribution in [0.15, 0.2) is 45.5 Å². The summed E-state index contributed by atoms with van der Waals surface area (Å²) in [4.78, 5) is 33.3. The topological polar surface area (TPSA) is 110 Å². The third-order valence-electron chi connectivity index (χ3n) is 5.46. The average molecular weight is 439 g/mol. The zero-order chi connectivity index (χ0) is 23.1. The van der Waals surface area contributed by atoms with Crippen molar-refractivity contribution in [2.45, 2.75) is 65.5 Å². The van der Waals surface area contributed by atoms with E-state index in [1.807, 2.05) is 45.9 Å². The van der Waals surface area contributed by atoms with E-state index in [-0.39, 0.29) is 35.4 Å². The molecule has 0 fully saturated rings. The fraction of sp³-hybridized carbons (Fsp3) is 0.417. The van der Waals surface area contributed by atoms with Crippen LogP contribution in [0.1, 0.15) is 74.5 Å². The van der Waals surface area contributed by atoms with E-state index in [2.05, 4.69) is 20.6 Å². The van der Waals surface area contributed by atoms with Crippen molar-refractivity contribution >= 4 is 11.8 Å². The van der Waals surface area contributed by atoms with Gasteiger partial charge in [0.15, 0.2) is 0 Å². The summed E-state index contributed by atoms with van der Waals surface area (Å²) >= 11 is 0. The molecule has 170 valence electrons. The summed E-state index contributed by atoms with van der Waals surface area (Å²) in [5.41, 5.74) is 1.34. The van der Waals surface area contributed by atoms with Crippen molar-refractivity contribution in [2.24, 2.45) is 0 Å². The predicted octanol–water partition coefficient (Wildman–Crippen LogP) is 4.83. The molecular weight excluding hydrogens is 408 g/mol. The van der Waals surface area contributed by atoms with Crippen LogP contribution in [0, 0.1) is 0 Å². The van der Waals surface area contributed by atoms with Gasteiger partial charge in [0, 0.05) is 23.2 Å². The van der Waals surface area contributed by atoms with E-state index in [4.69, 9.17) is 8.83 Å². The smallest absolute Gasteiger partial charge is 0.288 e. The minimum absolute atomic E-state index is 0.0979. The lowest BCUT2D eigenvalue weighted by atomic mass is 10.1. The summed E-state index contributed by atoms with van der Waals surface area (Å²) in [6.45, 7) is 8.09. The third-order valence-corrected chi connectivity index (χ3v) is 5.46. The Balaban J connectivity index is 1.76. The monoisotopic (exact) mass is 438 g/mol. The van der Waals surface area contributed by atoms with Crippen LogP contribution in [0.25, 0.3) is 22.9 Å². The highest BCUT2D eigenvalue weighted by Gasteiger charge is 2.19. The first-order chi connectivity index (χ1) is 15.5. The molecule has 2 amide bonds. The molecule has 0 spiro atoms. The molecule has 0 aliphatic carbocycles. The van der Waals surface area contributed by atoms with Gasteiger partial charge in [-0.05, 0) is 43.9 Å². The van der Waals surface area contributed by atoms with Crippen molar-refractivity contribution in [3.63, 3.8) is 0 Å².